The fraction of sp³-hybridized carbons (Fsp3) is 0.333. The van der Waals surface area contributed by atoms with E-state index in [9.17, 15) is 9.59 Å². The fourth-order valence-corrected chi connectivity index (χ4v) is 4.08. The molecular formula is C21H24N4O4S. The summed E-state index contributed by atoms with van der Waals surface area (Å²) in [5.74, 6) is -0.928. The number of nitrogens with one attached hydrogen (secondary N) is 1. The highest BCUT2D eigenvalue weighted by Crippen LogP contribution is 2.33. The van der Waals surface area contributed by atoms with Gasteiger partial charge in [0, 0.05) is 12.0 Å². The Labute approximate surface area is 178 Å². The van der Waals surface area contributed by atoms with Gasteiger partial charge in [0.2, 0.25) is 0 Å². The summed E-state index contributed by atoms with van der Waals surface area (Å²) in [4.78, 5) is 26.4. The number of rotatable bonds is 7. The van der Waals surface area contributed by atoms with Crippen molar-refractivity contribution in [3.8, 4) is 5.69 Å². The lowest BCUT2D eigenvalue weighted by atomic mass is 10.1. The first-order chi connectivity index (χ1) is 14.4. The second kappa shape index (κ2) is 9.19. The Morgan fingerprint density at radius 2 is 2.00 bits per heavy atom. The van der Waals surface area contributed by atoms with E-state index < -0.39 is 11.9 Å². The zero-order chi connectivity index (χ0) is 21.8. The molecule has 0 fully saturated rings. The lowest BCUT2D eigenvalue weighted by Crippen LogP contribution is -2.17. The molecule has 0 saturated heterocycles. The molecule has 0 atom stereocenters. The average Bonchev–Trinajstić information content (AvgIpc) is 3.23. The van der Waals surface area contributed by atoms with E-state index in [1.165, 1.54) is 11.3 Å². The minimum absolute atomic E-state index is 0.136. The Morgan fingerprint density at radius 3 is 2.67 bits per heavy atom. The van der Waals surface area contributed by atoms with E-state index in [4.69, 9.17) is 9.47 Å². The quantitative estimate of drug-likeness (QED) is 0.575. The summed E-state index contributed by atoms with van der Waals surface area (Å²) in [6, 6.07) is 7.71. The molecule has 0 spiro atoms. The van der Waals surface area contributed by atoms with Crippen LogP contribution >= 0.6 is 11.3 Å². The molecule has 0 aliphatic rings. The van der Waals surface area contributed by atoms with Crippen LogP contribution in [0.25, 0.3) is 5.69 Å². The number of thiophene rings is 1. The number of aromatic nitrogens is 3. The van der Waals surface area contributed by atoms with Gasteiger partial charge in [-0.3, -0.25) is 4.79 Å². The zero-order valence-corrected chi connectivity index (χ0v) is 18.4. The number of hydrogen-bond acceptors (Lipinski definition) is 7. The third kappa shape index (κ3) is 4.27. The monoisotopic (exact) mass is 428 g/mol. The van der Waals surface area contributed by atoms with Gasteiger partial charge in [0.05, 0.1) is 24.5 Å². The second-order valence-corrected chi connectivity index (χ2v) is 7.96. The number of hydrogen-bond donors (Lipinski definition) is 1. The number of ether oxygens (including phenoxy) is 2. The van der Waals surface area contributed by atoms with E-state index in [1.54, 1.807) is 18.7 Å². The molecule has 158 valence electrons. The van der Waals surface area contributed by atoms with E-state index in [0.29, 0.717) is 16.3 Å². The third-order valence-electron chi connectivity index (χ3n) is 4.60. The summed E-state index contributed by atoms with van der Waals surface area (Å²) in [5.41, 5.74) is 3.64. The highest BCUT2D eigenvalue weighted by atomic mass is 32.1. The molecule has 0 bridgehead atoms. The zero-order valence-electron chi connectivity index (χ0n) is 17.6. The van der Waals surface area contributed by atoms with Gasteiger partial charge < -0.3 is 14.8 Å². The number of nitrogens with zero attached hydrogens (tertiary/aromatic N) is 3. The minimum atomic E-state index is -0.465. The number of amides is 1. The normalized spacial score (nSPS) is 10.8. The molecule has 8 nitrogen and oxygen atoms in total. The Hall–Kier alpha value is -3.04. The first kappa shape index (κ1) is 21.7. The van der Waals surface area contributed by atoms with Gasteiger partial charge in [-0.05, 0) is 51.0 Å². The fourth-order valence-electron chi connectivity index (χ4n) is 3.04. The summed E-state index contributed by atoms with van der Waals surface area (Å²) >= 11 is 1.32. The Kier molecular flexibility index (Phi) is 6.63. The molecule has 9 heteroatoms. The van der Waals surface area contributed by atoms with Gasteiger partial charge in [-0.2, -0.15) is 0 Å². The van der Waals surface area contributed by atoms with Crippen molar-refractivity contribution in [2.24, 2.45) is 0 Å². The lowest BCUT2D eigenvalue weighted by molar-refractivity contribution is 0.0527. The number of benzene rings is 1. The number of esters is 1. The highest BCUT2D eigenvalue weighted by molar-refractivity contribution is 7.16. The number of carbonyl (C=O) groups excluding carboxylic acids is 2. The van der Waals surface area contributed by atoms with Crippen molar-refractivity contribution in [3.63, 3.8) is 0 Å². The van der Waals surface area contributed by atoms with Crippen LogP contribution < -0.4 is 5.32 Å². The molecule has 1 aromatic carbocycles. The molecule has 3 rings (SSSR count). The maximum atomic E-state index is 13.0. The standard InChI is InChI=1S/C21H24N4O4S/c1-6-29-21(27)17-13(3)14(4)30-20(17)22-19(26)18-16(11-28-5)25(24-23-18)15-9-7-8-12(2)10-15/h7-10H,6,11H2,1-5H3,(H,22,26). The average molecular weight is 429 g/mol. The predicted octanol–water partition coefficient (Wildman–Crippen LogP) is 3.83. The molecule has 0 aliphatic carbocycles. The van der Waals surface area contributed by atoms with Gasteiger partial charge >= 0.3 is 5.97 Å². The summed E-state index contributed by atoms with van der Waals surface area (Å²) in [7, 11) is 1.54. The number of aryl methyl sites for hydroxylation is 2. The van der Waals surface area contributed by atoms with Crippen LogP contribution in [-0.4, -0.2) is 40.6 Å². The molecule has 2 aromatic heterocycles. The van der Waals surface area contributed by atoms with Crippen LogP contribution in [0.3, 0.4) is 0 Å². The lowest BCUT2D eigenvalue weighted by Gasteiger charge is -2.09. The molecule has 2 heterocycles. The molecule has 30 heavy (non-hydrogen) atoms. The van der Waals surface area contributed by atoms with Crippen LogP contribution in [0.15, 0.2) is 24.3 Å². The first-order valence-electron chi connectivity index (χ1n) is 9.46. The largest absolute Gasteiger partial charge is 0.462 e. The van der Waals surface area contributed by atoms with Gasteiger partial charge in [0.25, 0.3) is 5.91 Å². The maximum Gasteiger partial charge on any atom is 0.341 e. The van der Waals surface area contributed by atoms with Crippen molar-refractivity contribution < 1.29 is 19.1 Å². The predicted molar refractivity (Wildman–Crippen MR) is 115 cm³/mol. The molecule has 1 amide bonds. The summed E-state index contributed by atoms with van der Waals surface area (Å²) in [6.45, 7) is 7.84. The molecule has 0 aliphatic heterocycles. The highest BCUT2D eigenvalue weighted by Gasteiger charge is 2.26. The SMILES string of the molecule is CCOC(=O)c1c(NC(=O)c2nnn(-c3cccc(C)c3)c2COC)sc(C)c1C. The van der Waals surface area contributed by atoms with Gasteiger partial charge in [-0.15, -0.1) is 16.4 Å². The number of methoxy groups -OCH3 is 1. The summed E-state index contributed by atoms with van der Waals surface area (Å²) in [5, 5.41) is 11.5. The molecule has 0 saturated carbocycles. The number of anilines is 1. The van der Waals surface area contributed by atoms with E-state index in [-0.39, 0.29) is 18.9 Å². The van der Waals surface area contributed by atoms with E-state index in [1.807, 2.05) is 45.0 Å². The van der Waals surface area contributed by atoms with Crippen molar-refractivity contribution in [1.82, 2.24) is 15.0 Å². The van der Waals surface area contributed by atoms with Crippen molar-refractivity contribution in [3.05, 3.63) is 57.2 Å². The minimum Gasteiger partial charge on any atom is -0.462 e. The Bertz CT molecular complexity index is 1090. The van der Waals surface area contributed by atoms with Gasteiger partial charge in [-0.1, -0.05) is 17.3 Å². The smallest absolute Gasteiger partial charge is 0.341 e. The van der Waals surface area contributed by atoms with Crippen molar-refractivity contribution in [2.75, 3.05) is 19.0 Å². The van der Waals surface area contributed by atoms with E-state index in [2.05, 4.69) is 15.6 Å². The van der Waals surface area contributed by atoms with Gasteiger partial charge in [0.15, 0.2) is 5.69 Å². The molecule has 0 unspecified atom stereocenters. The van der Waals surface area contributed by atoms with Crippen LogP contribution in [0.2, 0.25) is 0 Å². The van der Waals surface area contributed by atoms with Crippen LogP contribution in [0.4, 0.5) is 5.00 Å². The third-order valence-corrected chi connectivity index (χ3v) is 5.72. The van der Waals surface area contributed by atoms with Gasteiger partial charge in [0.1, 0.15) is 10.7 Å². The van der Waals surface area contributed by atoms with Crippen LogP contribution in [-0.2, 0) is 16.1 Å². The number of carbonyl (C=O) groups is 2. The summed E-state index contributed by atoms with van der Waals surface area (Å²) < 4.78 is 12.0. The first-order valence-corrected chi connectivity index (χ1v) is 10.3. The second-order valence-electron chi connectivity index (χ2n) is 6.73. The molecular weight excluding hydrogens is 404 g/mol. The molecule has 1 N–H and O–H groups in total. The van der Waals surface area contributed by atoms with Crippen molar-refractivity contribution >= 4 is 28.2 Å². The molecule has 0 radical (unpaired) electrons. The molecule has 3 aromatic rings. The Morgan fingerprint density at radius 1 is 1.23 bits per heavy atom. The topological polar surface area (TPSA) is 95.3 Å². The van der Waals surface area contributed by atoms with Crippen LogP contribution in [0.1, 0.15) is 49.5 Å². The van der Waals surface area contributed by atoms with Crippen molar-refractivity contribution in [1.29, 1.82) is 0 Å². The van der Waals surface area contributed by atoms with Crippen LogP contribution in [0.5, 0.6) is 0 Å². The van der Waals surface area contributed by atoms with E-state index in [0.717, 1.165) is 21.7 Å². The van der Waals surface area contributed by atoms with Gasteiger partial charge in [-0.25, -0.2) is 9.48 Å². The van der Waals surface area contributed by atoms with Crippen molar-refractivity contribution in [2.45, 2.75) is 34.3 Å². The van der Waals surface area contributed by atoms with Crippen LogP contribution in [0, 0.1) is 20.8 Å². The summed E-state index contributed by atoms with van der Waals surface area (Å²) in [6.07, 6.45) is 0. The Balaban J connectivity index is 1.97. The van der Waals surface area contributed by atoms with E-state index >= 15 is 0 Å². The maximum absolute atomic E-state index is 13.0.